The molecule has 0 amide bonds. The standard InChI is InChI=1S/4C9H12N.2C2H6O2.4Cr.H2O/c4*1-10(2)8-9-6-4-3-5-7-9;2*1-2(3)4;;;;;/h4*3-6H,8H2,1-2H3;2*2-4H,1H3;;;;;1H2/q4*-1;;;4*+2;. The molecule has 0 saturated carbocycles. The smallest absolute Gasteiger partial charge is 0.412 e. The molecule has 0 aromatic heterocycles. The molecule has 0 radical (unpaired) electrons. The minimum Gasteiger partial charge on any atom is -0.412 e. The first-order valence-corrected chi connectivity index (χ1v) is 15.8. The molecule has 292 valence electrons. The monoisotopic (exact) mass is 886 g/mol. The Bertz CT molecular complexity index is 1020. The molecule has 0 aliphatic rings. The van der Waals surface area contributed by atoms with Gasteiger partial charge in [-0.1, -0.05) is 0 Å². The maximum absolute atomic E-state index is 7.61. The predicted molar refractivity (Wildman–Crippen MR) is 202 cm³/mol. The normalized spacial score (nSPS) is 9.13. The van der Waals surface area contributed by atoms with Crippen LogP contribution in [0.1, 0.15) is 36.1 Å². The summed E-state index contributed by atoms with van der Waals surface area (Å²) in [4.78, 5) is 8.52. The van der Waals surface area contributed by atoms with Crippen LogP contribution in [0.3, 0.4) is 0 Å². The van der Waals surface area contributed by atoms with Crippen LogP contribution >= 0.6 is 0 Å². The van der Waals surface area contributed by atoms with E-state index in [2.05, 4.69) is 125 Å². The minimum absolute atomic E-state index is 0. The van der Waals surface area contributed by atoms with Crippen molar-refractivity contribution in [3.63, 3.8) is 0 Å². The molecule has 0 bridgehead atoms. The van der Waals surface area contributed by atoms with Gasteiger partial charge in [0, 0.05) is 26.2 Å². The van der Waals surface area contributed by atoms with Crippen LogP contribution < -0.4 is 0 Å². The Balaban J connectivity index is -0.0000000968. The van der Waals surface area contributed by atoms with Gasteiger partial charge in [-0.2, -0.15) is 121 Å². The van der Waals surface area contributed by atoms with Crippen molar-refractivity contribution in [3.8, 4) is 0 Å². The average molecular weight is 887 g/mol. The summed E-state index contributed by atoms with van der Waals surface area (Å²) in [5, 5.41) is 30.4. The molecule has 0 spiro atoms. The largest absolute Gasteiger partial charge is 2.00 e. The third-order valence-corrected chi connectivity index (χ3v) is 5.04. The number of hydrogen-bond donors (Lipinski definition) is 4. The van der Waals surface area contributed by atoms with Gasteiger partial charge in [-0.05, 0) is 70.2 Å². The van der Waals surface area contributed by atoms with Crippen LogP contribution in [-0.2, 0) is 95.6 Å². The molecule has 0 unspecified atom stereocenters. The summed E-state index contributed by atoms with van der Waals surface area (Å²) < 4.78 is 0. The molecule has 13 heteroatoms. The van der Waals surface area contributed by atoms with Gasteiger partial charge >= 0.3 is 69.4 Å². The second kappa shape index (κ2) is 45.0. The van der Waals surface area contributed by atoms with Crippen LogP contribution in [0.25, 0.3) is 0 Å². The molecule has 0 fully saturated rings. The molecule has 0 aliphatic carbocycles. The number of hydrogen-bond acceptors (Lipinski definition) is 8. The van der Waals surface area contributed by atoms with E-state index in [0.29, 0.717) is 0 Å². The van der Waals surface area contributed by atoms with E-state index >= 15 is 0 Å². The molecule has 9 nitrogen and oxygen atoms in total. The van der Waals surface area contributed by atoms with Crippen LogP contribution in [0.4, 0.5) is 0 Å². The van der Waals surface area contributed by atoms with E-state index in [0.717, 1.165) is 26.2 Å². The Hall–Kier alpha value is -1.35. The van der Waals surface area contributed by atoms with E-state index in [4.69, 9.17) is 20.4 Å². The van der Waals surface area contributed by atoms with Crippen LogP contribution in [-0.4, -0.2) is 114 Å². The van der Waals surface area contributed by atoms with Gasteiger partial charge in [-0.15, -0.1) is 22.3 Å². The van der Waals surface area contributed by atoms with E-state index in [1.54, 1.807) is 0 Å². The fourth-order valence-corrected chi connectivity index (χ4v) is 3.48. The fourth-order valence-electron chi connectivity index (χ4n) is 3.48. The van der Waals surface area contributed by atoms with Crippen LogP contribution in [0.5, 0.6) is 0 Å². The van der Waals surface area contributed by atoms with Crippen LogP contribution in [0.2, 0.25) is 0 Å². The number of aliphatic hydroxyl groups is 4. The first kappa shape index (κ1) is 66.5. The molecule has 0 aliphatic heterocycles. The van der Waals surface area contributed by atoms with Crippen molar-refractivity contribution in [1.29, 1.82) is 0 Å². The summed E-state index contributed by atoms with van der Waals surface area (Å²) in [5.74, 6) is 0. The first-order valence-electron chi connectivity index (χ1n) is 15.8. The molecule has 53 heavy (non-hydrogen) atoms. The van der Waals surface area contributed by atoms with Crippen molar-refractivity contribution in [2.24, 2.45) is 0 Å². The van der Waals surface area contributed by atoms with Crippen molar-refractivity contribution < 1.29 is 95.3 Å². The van der Waals surface area contributed by atoms with Crippen LogP contribution in [0.15, 0.2) is 97.1 Å². The second-order valence-electron chi connectivity index (χ2n) is 11.8. The number of aliphatic hydroxyl groups excluding tert-OH is 2. The first-order chi connectivity index (χ1) is 22.6. The average Bonchev–Trinajstić information content (AvgIpc) is 2.98. The third kappa shape index (κ3) is 55.1. The molecular formula is C40H62Cr4N4O5+4. The Kier molecular flexibility index (Phi) is 56.5. The zero-order chi connectivity index (χ0) is 36.7. The van der Waals surface area contributed by atoms with Crippen molar-refractivity contribution >= 4 is 0 Å². The summed E-state index contributed by atoms with van der Waals surface area (Å²) in [7, 11) is 16.5. The van der Waals surface area contributed by atoms with Crippen molar-refractivity contribution in [3.05, 3.63) is 144 Å². The third-order valence-electron chi connectivity index (χ3n) is 5.04. The second-order valence-corrected chi connectivity index (χ2v) is 11.8. The SMILES string of the molecule is CC(O)O.CC(O)O.CN(C)Cc1[c-]cccc1.CN(C)Cc1[c-]cccc1.CN(C)Cc1[c-]cccc1.CN(C)Cc1[c-]cccc1.O.[Cr+2].[Cr+2].[Cr+2].[Cr+2]. The van der Waals surface area contributed by atoms with E-state index in [-0.39, 0.29) is 74.9 Å². The van der Waals surface area contributed by atoms with Gasteiger partial charge in [0.05, 0.1) is 0 Å². The van der Waals surface area contributed by atoms with Gasteiger partial charge < -0.3 is 45.5 Å². The Morgan fingerprint density at radius 1 is 0.396 bits per heavy atom. The summed E-state index contributed by atoms with van der Waals surface area (Å²) in [6, 6.07) is 44.8. The fraction of sp³-hybridized carbons (Fsp3) is 0.400. The molecule has 4 rings (SSSR count). The van der Waals surface area contributed by atoms with Gasteiger partial charge in [0.15, 0.2) is 0 Å². The van der Waals surface area contributed by atoms with Gasteiger partial charge in [-0.3, -0.25) is 0 Å². The quantitative estimate of drug-likeness (QED) is 0.155. The van der Waals surface area contributed by atoms with E-state index in [1.165, 1.54) is 36.1 Å². The molecule has 0 saturated heterocycles. The summed E-state index contributed by atoms with van der Waals surface area (Å²) >= 11 is 0. The summed E-state index contributed by atoms with van der Waals surface area (Å²) in [6.07, 6.45) is -2.33. The summed E-state index contributed by atoms with van der Waals surface area (Å²) in [5.41, 5.74) is 4.97. The summed E-state index contributed by atoms with van der Waals surface area (Å²) in [6.45, 7) is 6.45. The number of benzene rings is 4. The Morgan fingerprint density at radius 3 is 0.642 bits per heavy atom. The molecular weight excluding hydrogens is 824 g/mol. The zero-order valence-corrected chi connectivity index (χ0v) is 38.0. The molecule has 0 heterocycles. The van der Waals surface area contributed by atoms with E-state index in [9.17, 15) is 0 Å². The van der Waals surface area contributed by atoms with Gasteiger partial charge in [0.25, 0.3) is 0 Å². The topological polar surface area (TPSA) is 125 Å². The maximum Gasteiger partial charge on any atom is 2.00 e. The van der Waals surface area contributed by atoms with Gasteiger partial charge in [0.2, 0.25) is 0 Å². The van der Waals surface area contributed by atoms with Crippen molar-refractivity contribution in [2.75, 3.05) is 56.4 Å². The number of nitrogens with zero attached hydrogens (tertiary/aromatic N) is 4. The molecule has 6 N–H and O–H groups in total. The van der Waals surface area contributed by atoms with Crippen LogP contribution in [0, 0.1) is 24.3 Å². The minimum atomic E-state index is -1.17. The zero-order valence-electron chi connectivity index (χ0n) is 32.9. The molecule has 4 aromatic carbocycles. The molecule has 0 atom stereocenters. The van der Waals surface area contributed by atoms with E-state index in [1.807, 2.05) is 72.8 Å². The van der Waals surface area contributed by atoms with Crippen molar-refractivity contribution in [1.82, 2.24) is 19.6 Å². The Morgan fingerprint density at radius 2 is 0.547 bits per heavy atom. The molecule has 4 aromatic rings. The maximum atomic E-state index is 7.61. The number of rotatable bonds is 8. The predicted octanol–water partition coefficient (Wildman–Crippen LogP) is 3.99. The van der Waals surface area contributed by atoms with Gasteiger partial charge in [0.1, 0.15) is 12.6 Å². The van der Waals surface area contributed by atoms with Gasteiger partial charge in [-0.25, -0.2) is 0 Å². The van der Waals surface area contributed by atoms with E-state index < -0.39 is 12.6 Å². The Labute approximate surface area is 365 Å². The van der Waals surface area contributed by atoms with Crippen molar-refractivity contribution in [2.45, 2.75) is 52.6 Å².